The van der Waals surface area contributed by atoms with Gasteiger partial charge in [-0.15, -0.1) is 0 Å². The van der Waals surface area contributed by atoms with E-state index in [0.29, 0.717) is 18.2 Å². The standard InChI is InChI=1S/C16H20N2O4/c1-17-13-8-11(2-3-14(13)22-16(17)19)9-18-5-7-21-15-10-20-6-4-12(15)18/h2-3,8,12,15H,4-7,9-10H2,1H3/t12-,15+/m0/s1. The first kappa shape index (κ1) is 14.0. The molecule has 0 N–H and O–H groups in total. The van der Waals surface area contributed by atoms with Crippen LogP contribution in [0.4, 0.5) is 0 Å². The summed E-state index contributed by atoms with van der Waals surface area (Å²) in [5, 5.41) is 0. The summed E-state index contributed by atoms with van der Waals surface area (Å²) in [6.07, 6.45) is 1.20. The van der Waals surface area contributed by atoms with Gasteiger partial charge < -0.3 is 13.9 Å². The van der Waals surface area contributed by atoms with Crippen LogP contribution in [0.1, 0.15) is 12.0 Å². The maximum atomic E-state index is 11.6. The lowest BCUT2D eigenvalue weighted by molar-refractivity contribution is -0.137. The minimum atomic E-state index is -0.317. The van der Waals surface area contributed by atoms with Crippen LogP contribution in [-0.2, 0) is 23.1 Å². The Morgan fingerprint density at radius 3 is 3.14 bits per heavy atom. The number of oxazole rings is 1. The SMILES string of the molecule is Cn1c(=O)oc2ccc(CN3CCO[C@@H]4COCC[C@@H]43)cc21. The van der Waals surface area contributed by atoms with Crippen molar-refractivity contribution < 1.29 is 13.9 Å². The Hall–Kier alpha value is -1.63. The molecule has 22 heavy (non-hydrogen) atoms. The molecule has 2 saturated heterocycles. The number of rotatable bonds is 2. The molecular weight excluding hydrogens is 284 g/mol. The Morgan fingerprint density at radius 1 is 1.32 bits per heavy atom. The predicted molar refractivity (Wildman–Crippen MR) is 80.8 cm³/mol. The number of nitrogens with zero attached hydrogens (tertiary/aromatic N) is 2. The highest BCUT2D eigenvalue weighted by molar-refractivity contribution is 5.73. The number of fused-ring (bicyclic) bond motifs is 2. The monoisotopic (exact) mass is 304 g/mol. The van der Waals surface area contributed by atoms with Crippen LogP contribution in [-0.4, -0.2) is 48.0 Å². The quantitative estimate of drug-likeness (QED) is 0.832. The minimum absolute atomic E-state index is 0.185. The van der Waals surface area contributed by atoms with E-state index in [1.165, 1.54) is 5.56 Å². The highest BCUT2D eigenvalue weighted by atomic mass is 16.5. The van der Waals surface area contributed by atoms with Crippen molar-refractivity contribution in [2.45, 2.75) is 25.1 Å². The zero-order chi connectivity index (χ0) is 15.1. The second kappa shape index (κ2) is 5.53. The Kier molecular flexibility index (Phi) is 3.52. The number of hydrogen-bond donors (Lipinski definition) is 0. The maximum absolute atomic E-state index is 11.6. The van der Waals surface area contributed by atoms with Gasteiger partial charge in [-0.2, -0.15) is 0 Å². The summed E-state index contributed by atoms with van der Waals surface area (Å²) in [5.74, 6) is -0.317. The topological polar surface area (TPSA) is 56.8 Å². The van der Waals surface area contributed by atoms with Gasteiger partial charge in [0, 0.05) is 32.8 Å². The molecule has 0 spiro atoms. The molecular formula is C16H20N2O4. The van der Waals surface area contributed by atoms with Crippen molar-refractivity contribution in [2.24, 2.45) is 7.05 Å². The first-order chi connectivity index (χ1) is 10.7. The summed E-state index contributed by atoms with van der Waals surface area (Å²) in [6, 6.07) is 6.39. The Bertz CT molecular complexity index is 733. The zero-order valence-corrected chi connectivity index (χ0v) is 12.7. The Morgan fingerprint density at radius 2 is 2.23 bits per heavy atom. The molecule has 0 bridgehead atoms. The second-order valence-electron chi connectivity index (χ2n) is 6.04. The van der Waals surface area contributed by atoms with Crippen LogP contribution in [0.2, 0.25) is 0 Å². The van der Waals surface area contributed by atoms with Gasteiger partial charge in [-0.05, 0) is 24.1 Å². The van der Waals surface area contributed by atoms with Crippen LogP contribution in [0.15, 0.2) is 27.4 Å². The van der Waals surface area contributed by atoms with Gasteiger partial charge >= 0.3 is 5.76 Å². The fourth-order valence-electron chi connectivity index (χ4n) is 3.47. The molecule has 6 nitrogen and oxygen atoms in total. The first-order valence-corrected chi connectivity index (χ1v) is 7.74. The first-order valence-electron chi connectivity index (χ1n) is 7.74. The normalized spacial score (nSPS) is 26.2. The molecule has 1 aromatic heterocycles. The summed E-state index contributed by atoms with van der Waals surface area (Å²) < 4.78 is 18.1. The van der Waals surface area contributed by atoms with Gasteiger partial charge in [-0.1, -0.05) is 6.07 Å². The summed E-state index contributed by atoms with van der Waals surface area (Å²) >= 11 is 0. The van der Waals surface area contributed by atoms with E-state index in [4.69, 9.17) is 13.9 Å². The molecule has 0 radical (unpaired) electrons. The summed E-state index contributed by atoms with van der Waals surface area (Å²) in [4.78, 5) is 14.1. The molecule has 2 atom stereocenters. The van der Waals surface area contributed by atoms with Crippen molar-refractivity contribution in [1.29, 1.82) is 0 Å². The van der Waals surface area contributed by atoms with E-state index in [0.717, 1.165) is 38.2 Å². The smallest absolute Gasteiger partial charge is 0.408 e. The third kappa shape index (κ3) is 2.37. The van der Waals surface area contributed by atoms with Gasteiger partial charge in [-0.3, -0.25) is 9.47 Å². The fourth-order valence-corrected chi connectivity index (χ4v) is 3.47. The molecule has 2 aliphatic heterocycles. The van der Waals surface area contributed by atoms with E-state index in [2.05, 4.69) is 4.90 Å². The fraction of sp³-hybridized carbons (Fsp3) is 0.562. The molecule has 1 aromatic carbocycles. The molecule has 0 saturated carbocycles. The third-order valence-corrected chi connectivity index (χ3v) is 4.69. The summed E-state index contributed by atoms with van der Waals surface area (Å²) in [7, 11) is 1.74. The number of aromatic nitrogens is 1. The zero-order valence-electron chi connectivity index (χ0n) is 12.7. The number of ether oxygens (including phenoxy) is 2. The van der Waals surface area contributed by atoms with Gasteiger partial charge in [-0.25, -0.2) is 4.79 Å². The van der Waals surface area contributed by atoms with Crippen molar-refractivity contribution in [3.8, 4) is 0 Å². The van der Waals surface area contributed by atoms with Gasteiger partial charge in [0.25, 0.3) is 0 Å². The molecule has 118 valence electrons. The van der Waals surface area contributed by atoms with Crippen LogP contribution in [0.5, 0.6) is 0 Å². The molecule has 3 heterocycles. The van der Waals surface area contributed by atoms with Crippen LogP contribution in [0.3, 0.4) is 0 Å². The number of hydrogen-bond acceptors (Lipinski definition) is 5. The van der Waals surface area contributed by atoms with Crippen LogP contribution in [0.25, 0.3) is 11.1 Å². The lowest BCUT2D eigenvalue weighted by Gasteiger charge is -2.43. The molecule has 2 aromatic rings. The van der Waals surface area contributed by atoms with Gasteiger partial charge in [0.15, 0.2) is 5.58 Å². The lowest BCUT2D eigenvalue weighted by Crippen LogP contribution is -2.55. The Labute approximate surface area is 128 Å². The van der Waals surface area contributed by atoms with Crippen LogP contribution in [0, 0.1) is 0 Å². The molecule has 0 unspecified atom stereocenters. The highest BCUT2D eigenvalue weighted by Crippen LogP contribution is 2.24. The van der Waals surface area contributed by atoms with Crippen molar-refractivity contribution in [2.75, 3.05) is 26.4 Å². The van der Waals surface area contributed by atoms with Crippen LogP contribution >= 0.6 is 0 Å². The second-order valence-corrected chi connectivity index (χ2v) is 6.04. The van der Waals surface area contributed by atoms with E-state index in [-0.39, 0.29) is 11.9 Å². The van der Waals surface area contributed by atoms with E-state index in [9.17, 15) is 4.79 Å². The van der Waals surface area contributed by atoms with Crippen molar-refractivity contribution >= 4 is 11.1 Å². The maximum Gasteiger partial charge on any atom is 0.419 e. The van der Waals surface area contributed by atoms with Crippen LogP contribution < -0.4 is 5.76 Å². The number of morpholine rings is 1. The van der Waals surface area contributed by atoms with E-state index >= 15 is 0 Å². The lowest BCUT2D eigenvalue weighted by atomic mass is 10.0. The minimum Gasteiger partial charge on any atom is -0.408 e. The number of aryl methyl sites for hydroxylation is 1. The summed E-state index contributed by atoms with van der Waals surface area (Å²) in [6.45, 7) is 4.03. The summed E-state index contributed by atoms with van der Waals surface area (Å²) in [5.41, 5.74) is 2.68. The predicted octanol–water partition coefficient (Wildman–Crippen LogP) is 1.12. The van der Waals surface area contributed by atoms with Gasteiger partial charge in [0.1, 0.15) is 0 Å². The molecule has 2 aliphatic rings. The third-order valence-electron chi connectivity index (χ3n) is 4.69. The average molecular weight is 304 g/mol. The average Bonchev–Trinajstić information content (AvgIpc) is 2.83. The highest BCUT2D eigenvalue weighted by Gasteiger charge is 2.34. The van der Waals surface area contributed by atoms with E-state index < -0.39 is 0 Å². The van der Waals surface area contributed by atoms with Gasteiger partial charge in [0.05, 0.1) is 24.8 Å². The molecule has 4 rings (SSSR count). The molecule has 6 heteroatoms. The molecule has 2 fully saturated rings. The molecule has 0 amide bonds. The van der Waals surface area contributed by atoms with Crippen molar-refractivity contribution in [3.05, 3.63) is 34.3 Å². The molecule has 0 aliphatic carbocycles. The van der Waals surface area contributed by atoms with Crippen molar-refractivity contribution in [1.82, 2.24) is 9.47 Å². The van der Waals surface area contributed by atoms with E-state index in [1.807, 2.05) is 18.2 Å². The largest absolute Gasteiger partial charge is 0.419 e. The van der Waals surface area contributed by atoms with E-state index in [1.54, 1.807) is 11.6 Å². The van der Waals surface area contributed by atoms with Crippen molar-refractivity contribution in [3.63, 3.8) is 0 Å². The Balaban J connectivity index is 1.59. The van der Waals surface area contributed by atoms with Gasteiger partial charge in [0.2, 0.25) is 0 Å². The number of benzene rings is 1.